The third-order valence-corrected chi connectivity index (χ3v) is 2.68. The zero-order valence-electron chi connectivity index (χ0n) is 9.20. The summed E-state index contributed by atoms with van der Waals surface area (Å²) >= 11 is 0. The van der Waals surface area contributed by atoms with Crippen molar-refractivity contribution >= 4 is 5.97 Å². The fourth-order valence-corrected chi connectivity index (χ4v) is 1.78. The molecule has 0 aromatic rings. The summed E-state index contributed by atoms with van der Waals surface area (Å²) in [7, 11) is 0. The predicted octanol–water partition coefficient (Wildman–Crippen LogP) is 2.18. The molecule has 0 unspecified atom stereocenters. The standard InChI is InChI=1S/C10H15F3O4/c11-10(12,13)5-16-6-17-8-3-1-7(2-4-8)9(14)15/h7-8H,1-6H2,(H,14,15). The molecule has 100 valence electrons. The van der Waals surface area contributed by atoms with Crippen molar-refractivity contribution in [3.05, 3.63) is 0 Å². The van der Waals surface area contributed by atoms with Gasteiger partial charge in [0.15, 0.2) is 0 Å². The molecular formula is C10H15F3O4. The number of carboxylic acid groups (broad SMARTS) is 1. The van der Waals surface area contributed by atoms with Crippen LogP contribution in [0.25, 0.3) is 0 Å². The predicted molar refractivity (Wildman–Crippen MR) is 51.3 cm³/mol. The van der Waals surface area contributed by atoms with Gasteiger partial charge in [0.05, 0.1) is 12.0 Å². The van der Waals surface area contributed by atoms with Gasteiger partial charge in [-0.05, 0) is 25.7 Å². The molecule has 0 aliphatic heterocycles. The Balaban J connectivity index is 2.09. The number of halogens is 3. The maximum atomic E-state index is 11.7. The second kappa shape index (κ2) is 6.20. The highest BCUT2D eigenvalue weighted by atomic mass is 19.4. The largest absolute Gasteiger partial charge is 0.481 e. The fraction of sp³-hybridized carbons (Fsp3) is 0.900. The van der Waals surface area contributed by atoms with E-state index in [1.165, 1.54) is 0 Å². The Morgan fingerprint density at radius 2 is 1.82 bits per heavy atom. The third kappa shape index (κ3) is 5.88. The summed E-state index contributed by atoms with van der Waals surface area (Å²) in [6.07, 6.45) is -2.44. The Labute approximate surface area is 96.7 Å². The maximum Gasteiger partial charge on any atom is 0.411 e. The summed E-state index contributed by atoms with van der Waals surface area (Å²) in [6.45, 7) is -1.72. The van der Waals surface area contributed by atoms with Crippen molar-refractivity contribution in [3.8, 4) is 0 Å². The van der Waals surface area contributed by atoms with E-state index in [9.17, 15) is 18.0 Å². The van der Waals surface area contributed by atoms with Gasteiger partial charge in [0.25, 0.3) is 0 Å². The Morgan fingerprint density at radius 1 is 1.24 bits per heavy atom. The molecule has 7 heteroatoms. The van der Waals surface area contributed by atoms with E-state index in [-0.39, 0.29) is 12.0 Å². The van der Waals surface area contributed by atoms with Gasteiger partial charge in [-0.25, -0.2) is 0 Å². The Kier molecular flexibility index (Phi) is 5.20. The van der Waals surface area contributed by atoms with Crippen LogP contribution in [0, 0.1) is 5.92 Å². The zero-order chi connectivity index (χ0) is 12.9. The first kappa shape index (κ1) is 14.2. The number of aliphatic carboxylic acids is 1. The molecule has 0 aromatic carbocycles. The lowest BCUT2D eigenvalue weighted by Crippen LogP contribution is -2.27. The number of hydrogen-bond acceptors (Lipinski definition) is 3. The topological polar surface area (TPSA) is 55.8 Å². The van der Waals surface area contributed by atoms with Crippen LogP contribution in [0.2, 0.25) is 0 Å². The molecule has 0 amide bonds. The van der Waals surface area contributed by atoms with Crippen molar-refractivity contribution in [2.75, 3.05) is 13.4 Å². The van der Waals surface area contributed by atoms with E-state index in [1.807, 2.05) is 0 Å². The quantitative estimate of drug-likeness (QED) is 0.605. The number of ether oxygens (including phenoxy) is 2. The second-order valence-electron chi connectivity index (χ2n) is 4.06. The number of hydrogen-bond donors (Lipinski definition) is 1. The van der Waals surface area contributed by atoms with Crippen LogP contribution in [0.5, 0.6) is 0 Å². The highest BCUT2D eigenvalue weighted by molar-refractivity contribution is 5.69. The first-order valence-corrected chi connectivity index (χ1v) is 5.37. The Morgan fingerprint density at radius 3 is 2.29 bits per heavy atom. The third-order valence-electron chi connectivity index (χ3n) is 2.68. The van der Waals surface area contributed by atoms with Crippen molar-refractivity contribution < 1.29 is 32.5 Å². The summed E-state index contributed by atoms with van der Waals surface area (Å²) in [4.78, 5) is 10.6. The molecule has 0 atom stereocenters. The molecule has 4 nitrogen and oxygen atoms in total. The SMILES string of the molecule is O=C(O)C1CCC(OCOCC(F)(F)F)CC1. The van der Waals surface area contributed by atoms with E-state index in [4.69, 9.17) is 9.84 Å². The van der Waals surface area contributed by atoms with E-state index in [0.717, 1.165) is 0 Å². The van der Waals surface area contributed by atoms with Crippen molar-refractivity contribution in [1.82, 2.24) is 0 Å². The lowest BCUT2D eigenvalue weighted by Gasteiger charge is -2.26. The molecule has 1 saturated carbocycles. The fourth-order valence-electron chi connectivity index (χ4n) is 1.78. The summed E-state index contributed by atoms with van der Waals surface area (Å²) in [6, 6.07) is 0. The van der Waals surface area contributed by atoms with Crippen LogP contribution in [0.1, 0.15) is 25.7 Å². The molecule has 17 heavy (non-hydrogen) atoms. The minimum absolute atomic E-state index is 0.196. The average molecular weight is 256 g/mol. The van der Waals surface area contributed by atoms with Gasteiger partial charge in [0.2, 0.25) is 0 Å². The van der Waals surface area contributed by atoms with Crippen LogP contribution >= 0.6 is 0 Å². The van der Waals surface area contributed by atoms with E-state index >= 15 is 0 Å². The normalized spacial score (nSPS) is 25.8. The maximum absolute atomic E-state index is 11.7. The summed E-state index contributed by atoms with van der Waals surface area (Å²) < 4.78 is 44.5. The van der Waals surface area contributed by atoms with Crippen LogP contribution < -0.4 is 0 Å². The number of alkyl halides is 3. The van der Waals surface area contributed by atoms with Gasteiger partial charge in [-0.3, -0.25) is 4.79 Å². The van der Waals surface area contributed by atoms with E-state index in [2.05, 4.69) is 4.74 Å². The molecule has 1 fully saturated rings. The van der Waals surface area contributed by atoms with Crippen molar-refractivity contribution in [3.63, 3.8) is 0 Å². The Bertz CT molecular complexity index is 246. The van der Waals surface area contributed by atoms with Crippen LogP contribution in [0.15, 0.2) is 0 Å². The molecule has 0 spiro atoms. The molecular weight excluding hydrogens is 241 g/mol. The molecule has 0 saturated heterocycles. The van der Waals surface area contributed by atoms with E-state index in [1.54, 1.807) is 0 Å². The monoisotopic (exact) mass is 256 g/mol. The highest BCUT2D eigenvalue weighted by Gasteiger charge is 2.28. The van der Waals surface area contributed by atoms with Crippen molar-refractivity contribution in [2.45, 2.75) is 38.0 Å². The summed E-state index contributed by atoms with van der Waals surface area (Å²) in [5.74, 6) is -1.18. The number of carboxylic acids is 1. The van der Waals surface area contributed by atoms with E-state index in [0.29, 0.717) is 25.7 Å². The second-order valence-corrected chi connectivity index (χ2v) is 4.06. The highest BCUT2D eigenvalue weighted by Crippen LogP contribution is 2.26. The number of rotatable bonds is 5. The molecule has 1 aliphatic rings. The molecule has 0 radical (unpaired) electrons. The first-order valence-electron chi connectivity index (χ1n) is 5.37. The lowest BCUT2D eigenvalue weighted by molar-refractivity contribution is -0.205. The average Bonchev–Trinajstić information content (AvgIpc) is 2.24. The summed E-state index contributed by atoms with van der Waals surface area (Å²) in [5, 5.41) is 8.74. The molecule has 0 aromatic heterocycles. The van der Waals surface area contributed by atoms with Crippen LogP contribution in [-0.2, 0) is 14.3 Å². The van der Waals surface area contributed by atoms with Crippen molar-refractivity contribution in [1.29, 1.82) is 0 Å². The van der Waals surface area contributed by atoms with Gasteiger partial charge in [-0.1, -0.05) is 0 Å². The van der Waals surface area contributed by atoms with Gasteiger partial charge >= 0.3 is 12.1 Å². The lowest BCUT2D eigenvalue weighted by atomic mass is 9.87. The smallest absolute Gasteiger partial charge is 0.411 e. The minimum Gasteiger partial charge on any atom is -0.481 e. The van der Waals surface area contributed by atoms with Gasteiger partial charge in [0, 0.05) is 0 Å². The van der Waals surface area contributed by atoms with Crippen LogP contribution in [0.3, 0.4) is 0 Å². The van der Waals surface area contributed by atoms with Gasteiger partial charge < -0.3 is 14.6 Å². The Hall–Kier alpha value is -0.820. The van der Waals surface area contributed by atoms with E-state index < -0.39 is 25.5 Å². The van der Waals surface area contributed by atoms with Gasteiger partial charge in [-0.15, -0.1) is 0 Å². The van der Waals surface area contributed by atoms with Gasteiger partial charge in [-0.2, -0.15) is 13.2 Å². The molecule has 1 aliphatic carbocycles. The minimum atomic E-state index is -4.34. The molecule has 0 heterocycles. The number of carbonyl (C=O) groups is 1. The molecule has 1 N–H and O–H groups in total. The van der Waals surface area contributed by atoms with Crippen LogP contribution in [0.4, 0.5) is 13.2 Å². The van der Waals surface area contributed by atoms with Gasteiger partial charge in [0.1, 0.15) is 13.4 Å². The molecule has 0 bridgehead atoms. The summed E-state index contributed by atoms with van der Waals surface area (Å²) in [5.41, 5.74) is 0. The first-order chi connectivity index (χ1) is 7.88. The van der Waals surface area contributed by atoms with Crippen LogP contribution in [-0.4, -0.2) is 36.8 Å². The van der Waals surface area contributed by atoms with Crippen molar-refractivity contribution in [2.24, 2.45) is 5.92 Å². The molecule has 1 rings (SSSR count). The zero-order valence-corrected chi connectivity index (χ0v) is 9.20.